The molecule has 0 spiro atoms. The van der Waals surface area contributed by atoms with Crippen LogP contribution in [0.3, 0.4) is 0 Å². The highest BCUT2D eigenvalue weighted by Gasteiger charge is 2.43. The van der Waals surface area contributed by atoms with Crippen molar-refractivity contribution in [2.45, 2.75) is 26.2 Å². The molecule has 3 rings (SSSR count). The molecule has 1 N–H and O–H groups in total. The average molecular weight is 335 g/mol. The summed E-state index contributed by atoms with van der Waals surface area (Å²) < 4.78 is 0. The normalized spacial score (nSPS) is 19.0. The summed E-state index contributed by atoms with van der Waals surface area (Å²) in [6.45, 7) is 6.28. The van der Waals surface area contributed by atoms with Gasteiger partial charge in [0.05, 0.1) is 6.21 Å². The van der Waals surface area contributed by atoms with E-state index in [4.69, 9.17) is 0 Å². The summed E-state index contributed by atoms with van der Waals surface area (Å²) in [5.74, 6) is 0.388. The van der Waals surface area contributed by atoms with Crippen molar-refractivity contribution in [1.82, 2.24) is 5.43 Å². The smallest absolute Gasteiger partial charge is 0.243 e. The van der Waals surface area contributed by atoms with E-state index in [-0.39, 0.29) is 11.8 Å². The summed E-state index contributed by atoms with van der Waals surface area (Å²) >= 11 is 0. The topological polar surface area (TPSA) is 44.7 Å². The summed E-state index contributed by atoms with van der Waals surface area (Å²) in [4.78, 5) is 14.5. The van der Waals surface area contributed by atoms with Crippen LogP contribution in [0.15, 0.2) is 59.7 Å². The Kier molecular flexibility index (Phi) is 5.49. The lowest BCUT2D eigenvalue weighted by atomic mass is 10.1. The Bertz CT molecular complexity index is 721. The van der Waals surface area contributed by atoms with Gasteiger partial charge in [0.2, 0.25) is 5.91 Å². The average Bonchev–Trinajstić information content (AvgIpc) is 3.46. The van der Waals surface area contributed by atoms with Gasteiger partial charge < -0.3 is 4.90 Å². The molecule has 1 saturated carbocycles. The van der Waals surface area contributed by atoms with Gasteiger partial charge in [0.1, 0.15) is 0 Å². The molecule has 1 amide bonds. The third-order valence-electron chi connectivity index (χ3n) is 4.76. The van der Waals surface area contributed by atoms with Gasteiger partial charge >= 0.3 is 0 Å². The minimum Gasteiger partial charge on any atom is -0.372 e. The van der Waals surface area contributed by atoms with E-state index in [1.54, 1.807) is 6.21 Å². The predicted octanol–water partition coefficient (Wildman–Crippen LogP) is 3.79. The molecule has 130 valence electrons. The van der Waals surface area contributed by atoms with Crippen molar-refractivity contribution in [2.24, 2.45) is 11.0 Å². The van der Waals surface area contributed by atoms with E-state index in [1.165, 1.54) is 11.3 Å². The number of nitrogens with one attached hydrogen (secondary N) is 1. The number of nitrogens with zero attached hydrogens (tertiary/aromatic N) is 2. The molecule has 0 radical (unpaired) electrons. The van der Waals surface area contributed by atoms with Crippen LogP contribution >= 0.6 is 0 Å². The van der Waals surface area contributed by atoms with E-state index in [9.17, 15) is 4.79 Å². The molecule has 4 heteroatoms. The predicted molar refractivity (Wildman–Crippen MR) is 103 cm³/mol. The Labute approximate surface area is 149 Å². The highest BCUT2D eigenvalue weighted by molar-refractivity contribution is 5.85. The van der Waals surface area contributed by atoms with Crippen LogP contribution < -0.4 is 10.3 Å². The van der Waals surface area contributed by atoms with Gasteiger partial charge in [0.15, 0.2) is 0 Å². The van der Waals surface area contributed by atoms with Gasteiger partial charge in [-0.15, -0.1) is 0 Å². The molecule has 0 heterocycles. The molecule has 0 saturated heterocycles. The molecule has 2 atom stereocenters. The fourth-order valence-corrected chi connectivity index (χ4v) is 3.17. The van der Waals surface area contributed by atoms with Gasteiger partial charge in [0.25, 0.3) is 0 Å². The summed E-state index contributed by atoms with van der Waals surface area (Å²) in [7, 11) is 0. The zero-order valence-electron chi connectivity index (χ0n) is 14.9. The van der Waals surface area contributed by atoms with Crippen LogP contribution in [0, 0.1) is 5.92 Å². The largest absolute Gasteiger partial charge is 0.372 e. The first-order chi connectivity index (χ1) is 12.2. The number of rotatable bonds is 7. The molecule has 1 fully saturated rings. The lowest BCUT2D eigenvalue weighted by Gasteiger charge is -2.20. The third kappa shape index (κ3) is 4.27. The van der Waals surface area contributed by atoms with E-state index < -0.39 is 0 Å². The second-order valence-electron chi connectivity index (χ2n) is 6.36. The Morgan fingerprint density at radius 3 is 2.44 bits per heavy atom. The number of benzene rings is 2. The molecule has 0 bridgehead atoms. The number of hydrogen-bond acceptors (Lipinski definition) is 3. The lowest BCUT2D eigenvalue weighted by molar-refractivity contribution is -0.122. The van der Waals surface area contributed by atoms with E-state index >= 15 is 0 Å². The second-order valence-corrected chi connectivity index (χ2v) is 6.36. The number of carbonyl (C=O) groups excluding carboxylic acids is 1. The molecule has 0 aliphatic heterocycles. The van der Waals surface area contributed by atoms with Crippen LogP contribution in [0.25, 0.3) is 0 Å². The first kappa shape index (κ1) is 17.2. The van der Waals surface area contributed by atoms with E-state index in [1.807, 2.05) is 30.3 Å². The highest BCUT2D eigenvalue weighted by Crippen LogP contribution is 2.47. The third-order valence-corrected chi connectivity index (χ3v) is 4.76. The minimum atomic E-state index is 0.00450. The fourth-order valence-electron chi connectivity index (χ4n) is 3.17. The first-order valence-corrected chi connectivity index (χ1v) is 8.95. The summed E-state index contributed by atoms with van der Waals surface area (Å²) in [5, 5.41) is 4.11. The Hall–Kier alpha value is -2.62. The molecule has 2 unspecified atom stereocenters. The molecule has 1 aliphatic rings. The monoisotopic (exact) mass is 335 g/mol. The van der Waals surface area contributed by atoms with E-state index in [2.05, 4.69) is 53.5 Å². The van der Waals surface area contributed by atoms with Gasteiger partial charge in [-0.1, -0.05) is 42.5 Å². The van der Waals surface area contributed by atoms with Gasteiger partial charge in [-0.3, -0.25) is 4.79 Å². The molecule has 0 aromatic heterocycles. The SMILES string of the molecule is CCN(CC)c1ccc(C=NNC(=O)C2CC2c2ccccc2)cc1. The van der Waals surface area contributed by atoms with Crippen molar-refractivity contribution in [3.05, 3.63) is 65.7 Å². The van der Waals surface area contributed by atoms with Crippen LogP contribution in [-0.2, 0) is 4.79 Å². The van der Waals surface area contributed by atoms with Crippen molar-refractivity contribution in [2.75, 3.05) is 18.0 Å². The van der Waals surface area contributed by atoms with Crippen LogP contribution in [0.4, 0.5) is 5.69 Å². The minimum absolute atomic E-state index is 0.00450. The lowest BCUT2D eigenvalue weighted by Crippen LogP contribution is -2.21. The van der Waals surface area contributed by atoms with Gasteiger partial charge in [0, 0.05) is 24.7 Å². The zero-order valence-corrected chi connectivity index (χ0v) is 14.9. The standard InChI is InChI=1S/C21H25N3O/c1-3-24(4-2)18-12-10-16(11-13-18)15-22-23-21(25)20-14-19(20)17-8-6-5-7-9-17/h5-13,15,19-20H,3-4,14H2,1-2H3,(H,23,25). The number of anilines is 1. The Morgan fingerprint density at radius 1 is 1.12 bits per heavy atom. The van der Waals surface area contributed by atoms with E-state index in [0.29, 0.717) is 5.92 Å². The van der Waals surface area contributed by atoms with Crippen molar-refractivity contribution >= 4 is 17.8 Å². The van der Waals surface area contributed by atoms with Gasteiger partial charge in [-0.25, -0.2) is 5.43 Å². The van der Waals surface area contributed by atoms with Crippen LogP contribution in [-0.4, -0.2) is 25.2 Å². The zero-order chi connectivity index (χ0) is 17.6. The molecular formula is C21H25N3O. The highest BCUT2D eigenvalue weighted by atomic mass is 16.2. The molecule has 1 aliphatic carbocycles. The quantitative estimate of drug-likeness (QED) is 0.618. The van der Waals surface area contributed by atoms with Crippen molar-refractivity contribution in [3.63, 3.8) is 0 Å². The van der Waals surface area contributed by atoms with Gasteiger partial charge in [-0.2, -0.15) is 5.10 Å². The summed E-state index contributed by atoms with van der Waals surface area (Å²) in [6.07, 6.45) is 2.60. The first-order valence-electron chi connectivity index (χ1n) is 8.95. The molecule has 25 heavy (non-hydrogen) atoms. The Balaban J connectivity index is 1.51. The van der Waals surface area contributed by atoms with Crippen molar-refractivity contribution in [1.29, 1.82) is 0 Å². The second kappa shape index (κ2) is 7.97. The molecule has 4 nitrogen and oxygen atoms in total. The molecular weight excluding hydrogens is 310 g/mol. The van der Waals surface area contributed by atoms with E-state index in [0.717, 1.165) is 25.1 Å². The number of hydrogen-bond donors (Lipinski definition) is 1. The van der Waals surface area contributed by atoms with Crippen molar-refractivity contribution < 1.29 is 4.79 Å². The summed E-state index contributed by atoms with van der Waals surface area (Å²) in [5.41, 5.74) is 6.09. The number of hydrazone groups is 1. The number of carbonyl (C=O) groups is 1. The van der Waals surface area contributed by atoms with Crippen LogP contribution in [0.5, 0.6) is 0 Å². The van der Waals surface area contributed by atoms with Crippen LogP contribution in [0.2, 0.25) is 0 Å². The van der Waals surface area contributed by atoms with Crippen molar-refractivity contribution in [3.8, 4) is 0 Å². The van der Waals surface area contributed by atoms with Crippen LogP contribution in [0.1, 0.15) is 37.3 Å². The summed E-state index contributed by atoms with van der Waals surface area (Å²) in [6, 6.07) is 18.4. The maximum Gasteiger partial charge on any atom is 0.243 e. The maximum absolute atomic E-state index is 12.2. The molecule has 2 aromatic rings. The van der Waals surface area contributed by atoms with Gasteiger partial charge in [-0.05, 0) is 49.4 Å². The fraction of sp³-hybridized carbons (Fsp3) is 0.333. The Morgan fingerprint density at radius 2 is 1.80 bits per heavy atom. The molecule has 2 aromatic carbocycles. The maximum atomic E-state index is 12.2. The number of amides is 1.